The summed E-state index contributed by atoms with van der Waals surface area (Å²) >= 11 is 0. The predicted molar refractivity (Wildman–Crippen MR) is 138 cm³/mol. The van der Waals surface area contributed by atoms with Crippen LogP contribution in [0, 0.1) is 0 Å². The smallest absolute Gasteiger partial charge is 0.418 e. The van der Waals surface area contributed by atoms with Gasteiger partial charge in [-0.3, -0.25) is 4.79 Å². The molecule has 1 aromatic heterocycles. The molecule has 5 rings (SSSR count). The van der Waals surface area contributed by atoms with Crippen molar-refractivity contribution >= 4 is 22.1 Å². The molecule has 5 aromatic rings. The van der Waals surface area contributed by atoms with E-state index in [1.807, 2.05) is 0 Å². The maximum absolute atomic E-state index is 13.5. The first-order chi connectivity index (χ1) is 18.8. The number of rotatable bonds is 4. The molecule has 0 aliphatic carbocycles. The van der Waals surface area contributed by atoms with E-state index >= 15 is 0 Å². The highest BCUT2D eigenvalue weighted by Crippen LogP contribution is 2.38. The molecule has 0 radical (unpaired) electrons. The lowest BCUT2D eigenvalue weighted by Crippen LogP contribution is -2.23. The van der Waals surface area contributed by atoms with Crippen molar-refractivity contribution in [2.24, 2.45) is 0 Å². The second-order valence-corrected chi connectivity index (χ2v) is 8.75. The van der Waals surface area contributed by atoms with Gasteiger partial charge < -0.3 is 16.2 Å². The maximum atomic E-state index is 13.5. The minimum absolute atomic E-state index is 0.0878. The fourth-order valence-corrected chi connectivity index (χ4v) is 4.16. The summed E-state index contributed by atoms with van der Waals surface area (Å²) < 4.78 is 86.4. The molecule has 0 aliphatic heterocycles. The minimum Gasteiger partial charge on any atom is -0.457 e. The fourth-order valence-electron chi connectivity index (χ4n) is 4.16. The van der Waals surface area contributed by atoms with Gasteiger partial charge in [-0.05, 0) is 66.7 Å². The highest BCUT2D eigenvalue weighted by molar-refractivity contribution is 5.94. The van der Waals surface area contributed by atoms with Crippen LogP contribution in [0.1, 0.15) is 11.1 Å². The number of fused-ring (bicyclic) bond motifs is 1. The number of alkyl halides is 6. The molecule has 0 amide bonds. The molecule has 0 atom stereocenters. The molecule has 0 spiro atoms. The Kier molecular flexibility index (Phi) is 6.41. The van der Waals surface area contributed by atoms with Gasteiger partial charge in [0, 0.05) is 22.3 Å². The van der Waals surface area contributed by atoms with Gasteiger partial charge in [-0.2, -0.15) is 36.1 Å². The van der Waals surface area contributed by atoms with Gasteiger partial charge in [0.05, 0.1) is 27.9 Å². The Bertz CT molecular complexity index is 1800. The lowest BCUT2D eigenvalue weighted by molar-refractivity contribution is -0.137. The number of nitrogens with zero attached hydrogens (tertiary/aromatic N) is 2. The van der Waals surface area contributed by atoms with E-state index in [1.165, 1.54) is 30.3 Å². The van der Waals surface area contributed by atoms with E-state index in [4.69, 9.17) is 16.2 Å². The monoisotopic (exact) mass is 556 g/mol. The van der Waals surface area contributed by atoms with Crippen LogP contribution in [0.15, 0.2) is 89.7 Å². The van der Waals surface area contributed by atoms with Crippen LogP contribution in [-0.2, 0) is 12.4 Å². The zero-order valence-electron chi connectivity index (χ0n) is 20.2. The highest BCUT2D eigenvalue weighted by atomic mass is 19.4. The molecule has 40 heavy (non-hydrogen) atoms. The van der Waals surface area contributed by atoms with Crippen molar-refractivity contribution in [1.29, 1.82) is 0 Å². The Labute approximate surface area is 222 Å². The van der Waals surface area contributed by atoms with Gasteiger partial charge in [-0.25, -0.2) is 0 Å². The molecule has 0 saturated heterocycles. The molecule has 0 fully saturated rings. The van der Waals surface area contributed by atoms with Crippen LogP contribution in [0.2, 0.25) is 0 Å². The predicted octanol–water partition coefficient (Wildman–Crippen LogP) is 7.05. The van der Waals surface area contributed by atoms with Gasteiger partial charge in [0.15, 0.2) is 0 Å². The van der Waals surface area contributed by atoms with Gasteiger partial charge in [0.2, 0.25) is 0 Å². The van der Waals surface area contributed by atoms with Crippen LogP contribution in [0.5, 0.6) is 11.5 Å². The molecule has 0 aliphatic rings. The molecule has 0 bridgehead atoms. The number of aromatic nitrogens is 2. The van der Waals surface area contributed by atoms with E-state index in [0.717, 1.165) is 28.9 Å². The first kappa shape index (κ1) is 26.6. The number of nitrogens with two attached hydrogens (primary N) is 2. The van der Waals surface area contributed by atoms with Crippen LogP contribution < -0.4 is 21.8 Å². The van der Waals surface area contributed by atoms with Gasteiger partial charge in [-0.15, -0.1) is 0 Å². The normalized spacial score (nSPS) is 12.1. The average Bonchev–Trinajstić information content (AvgIpc) is 2.90. The molecule has 0 unspecified atom stereocenters. The number of anilines is 2. The Morgan fingerprint density at radius 3 is 1.85 bits per heavy atom. The van der Waals surface area contributed by atoms with E-state index in [0.29, 0.717) is 10.9 Å². The first-order valence-electron chi connectivity index (χ1n) is 11.6. The average molecular weight is 556 g/mol. The van der Waals surface area contributed by atoms with Crippen molar-refractivity contribution in [2.45, 2.75) is 12.4 Å². The molecule has 12 heteroatoms. The van der Waals surface area contributed by atoms with Gasteiger partial charge in [0.25, 0.3) is 5.56 Å². The van der Waals surface area contributed by atoms with Crippen LogP contribution in [0.3, 0.4) is 0 Å². The lowest BCUT2D eigenvalue weighted by atomic mass is 10.0. The molecular weight excluding hydrogens is 538 g/mol. The van der Waals surface area contributed by atoms with Crippen LogP contribution in [-0.4, -0.2) is 9.78 Å². The van der Waals surface area contributed by atoms with E-state index < -0.39 is 40.4 Å². The summed E-state index contributed by atoms with van der Waals surface area (Å²) in [7, 11) is 0. The summed E-state index contributed by atoms with van der Waals surface area (Å²) in [6, 6.07) is 18.8. The van der Waals surface area contributed by atoms with Crippen molar-refractivity contribution in [2.75, 3.05) is 11.5 Å². The summed E-state index contributed by atoms with van der Waals surface area (Å²) in [5, 5.41) is 5.02. The van der Waals surface area contributed by atoms with Crippen molar-refractivity contribution in [3.05, 3.63) is 106 Å². The second-order valence-electron chi connectivity index (χ2n) is 8.75. The SMILES string of the molecule is Nc1ccc(Oc2ccc(-c3nn(-c4ccc(N)c(C(F)(F)F)c4)c(=O)c4ccccc34)cc2)cc1C(F)(F)F. The Balaban J connectivity index is 1.57. The van der Waals surface area contributed by atoms with Crippen molar-refractivity contribution in [3.8, 4) is 28.4 Å². The van der Waals surface area contributed by atoms with Crippen molar-refractivity contribution in [3.63, 3.8) is 0 Å². The summed E-state index contributed by atoms with van der Waals surface area (Å²) in [5.74, 6) is 0.114. The molecule has 1 heterocycles. The van der Waals surface area contributed by atoms with Crippen LogP contribution >= 0.6 is 0 Å². The van der Waals surface area contributed by atoms with E-state index in [-0.39, 0.29) is 28.3 Å². The molecule has 4 aromatic carbocycles. The molecular formula is C28H18F6N4O2. The highest BCUT2D eigenvalue weighted by Gasteiger charge is 2.34. The molecule has 0 saturated carbocycles. The van der Waals surface area contributed by atoms with E-state index in [2.05, 4.69) is 5.10 Å². The quantitative estimate of drug-likeness (QED) is 0.183. The summed E-state index contributed by atoms with van der Waals surface area (Å²) in [6.45, 7) is 0. The zero-order chi connectivity index (χ0) is 28.8. The third kappa shape index (κ3) is 5.03. The van der Waals surface area contributed by atoms with E-state index in [1.54, 1.807) is 30.3 Å². The first-order valence-corrected chi connectivity index (χ1v) is 11.6. The summed E-state index contributed by atoms with van der Waals surface area (Å²) in [4.78, 5) is 13.2. The summed E-state index contributed by atoms with van der Waals surface area (Å²) in [6.07, 6.45) is -9.40. The largest absolute Gasteiger partial charge is 0.457 e. The van der Waals surface area contributed by atoms with Crippen molar-refractivity contribution in [1.82, 2.24) is 9.78 Å². The van der Waals surface area contributed by atoms with Crippen LogP contribution in [0.25, 0.3) is 27.7 Å². The number of hydrogen-bond donors (Lipinski definition) is 2. The Morgan fingerprint density at radius 2 is 1.23 bits per heavy atom. The minimum atomic E-state index is -4.75. The third-order valence-electron chi connectivity index (χ3n) is 6.09. The van der Waals surface area contributed by atoms with Gasteiger partial charge in [0.1, 0.15) is 11.5 Å². The van der Waals surface area contributed by atoms with E-state index in [9.17, 15) is 31.1 Å². The third-order valence-corrected chi connectivity index (χ3v) is 6.09. The molecule has 6 nitrogen and oxygen atoms in total. The summed E-state index contributed by atoms with van der Waals surface area (Å²) in [5.41, 5.74) is 7.84. The number of halogens is 6. The number of hydrogen-bond acceptors (Lipinski definition) is 5. The molecule has 204 valence electrons. The van der Waals surface area contributed by atoms with Gasteiger partial charge >= 0.3 is 12.4 Å². The standard InChI is InChI=1S/C28H18F6N4O2/c29-27(30,31)21-13-16(7-11-23(21)35)38-26(39)20-4-2-1-3-19(20)25(37-38)15-5-8-17(9-6-15)40-18-10-12-24(36)22(14-18)28(32,33)34/h1-14H,35-36H2. The van der Waals surface area contributed by atoms with Crippen molar-refractivity contribution < 1.29 is 31.1 Å². The maximum Gasteiger partial charge on any atom is 0.418 e. The topological polar surface area (TPSA) is 96.2 Å². The zero-order valence-corrected chi connectivity index (χ0v) is 20.2. The van der Waals surface area contributed by atoms with Crippen LogP contribution in [0.4, 0.5) is 37.7 Å². The number of nitrogen functional groups attached to an aromatic ring is 2. The Morgan fingerprint density at radius 1 is 0.675 bits per heavy atom. The number of benzene rings is 4. The Hall–Kier alpha value is -5.00. The fraction of sp³-hybridized carbons (Fsp3) is 0.0714. The van der Waals surface area contributed by atoms with Gasteiger partial charge in [-0.1, -0.05) is 18.2 Å². The second kappa shape index (κ2) is 9.63. The molecule has 4 N–H and O–H groups in total. The lowest BCUT2D eigenvalue weighted by Gasteiger charge is -2.15. The number of ether oxygens (including phenoxy) is 1.